The van der Waals surface area contributed by atoms with E-state index in [1.165, 1.54) is 6.07 Å². The van der Waals surface area contributed by atoms with Gasteiger partial charge in [-0.2, -0.15) is 0 Å². The number of hydrogen-bond acceptors (Lipinski definition) is 2. The summed E-state index contributed by atoms with van der Waals surface area (Å²) in [7, 11) is 0. The standard InChI is InChI=1S/C14H22FNO/c1-3-13(17)8-9-16-11(2)10-12-6-4-5-7-14(12)15/h4-7,11,13,16-17H,3,8-10H2,1-2H3. The van der Waals surface area contributed by atoms with Crippen LogP contribution in [0.25, 0.3) is 0 Å². The lowest BCUT2D eigenvalue weighted by atomic mass is 10.1. The van der Waals surface area contributed by atoms with Crippen molar-refractivity contribution >= 4 is 0 Å². The van der Waals surface area contributed by atoms with Crippen LogP contribution in [0.4, 0.5) is 4.39 Å². The summed E-state index contributed by atoms with van der Waals surface area (Å²) in [6, 6.07) is 7.08. The van der Waals surface area contributed by atoms with Gasteiger partial charge in [-0.05, 0) is 44.4 Å². The lowest BCUT2D eigenvalue weighted by Crippen LogP contribution is -2.31. The molecule has 0 fully saturated rings. The number of nitrogens with one attached hydrogen (secondary N) is 1. The molecule has 0 saturated carbocycles. The van der Waals surface area contributed by atoms with E-state index in [2.05, 4.69) is 5.32 Å². The third kappa shape index (κ3) is 5.29. The van der Waals surface area contributed by atoms with Crippen molar-refractivity contribution in [1.29, 1.82) is 0 Å². The minimum atomic E-state index is -0.233. The molecule has 2 unspecified atom stereocenters. The van der Waals surface area contributed by atoms with Gasteiger partial charge in [0, 0.05) is 6.04 Å². The number of halogens is 1. The molecule has 0 saturated heterocycles. The zero-order chi connectivity index (χ0) is 12.7. The molecule has 0 aliphatic heterocycles. The Bertz CT molecular complexity index is 330. The summed E-state index contributed by atoms with van der Waals surface area (Å²) in [5, 5.41) is 12.7. The molecule has 0 radical (unpaired) electrons. The van der Waals surface area contributed by atoms with Crippen LogP contribution in [0, 0.1) is 5.82 Å². The van der Waals surface area contributed by atoms with Crippen LogP contribution in [0.5, 0.6) is 0 Å². The summed E-state index contributed by atoms with van der Waals surface area (Å²) in [4.78, 5) is 0. The molecule has 2 nitrogen and oxygen atoms in total. The predicted molar refractivity (Wildman–Crippen MR) is 68.5 cm³/mol. The van der Waals surface area contributed by atoms with Crippen molar-refractivity contribution in [3.8, 4) is 0 Å². The average Bonchev–Trinajstić information content (AvgIpc) is 2.32. The maximum atomic E-state index is 13.4. The van der Waals surface area contributed by atoms with Crippen molar-refractivity contribution in [2.75, 3.05) is 6.54 Å². The van der Waals surface area contributed by atoms with E-state index in [-0.39, 0.29) is 18.0 Å². The highest BCUT2D eigenvalue weighted by Crippen LogP contribution is 2.09. The highest BCUT2D eigenvalue weighted by Gasteiger charge is 2.07. The van der Waals surface area contributed by atoms with E-state index in [4.69, 9.17) is 0 Å². The summed E-state index contributed by atoms with van der Waals surface area (Å²) < 4.78 is 13.4. The first-order valence-corrected chi connectivity index (χ1v) is 6.28. The Morgan fingerprint density at radius 2 is 2.06 bits per heavy atom. The molecule has 0 spiro atoms. The number of aliphatic hydroxyl groups excluding tert-OH is 1. The molecule has 2 atom stereocenters. The molecule has 0 aliphatic carbocycles. The molecule has 1 aromatic carbocycles. The average molecular weight is 239 g/mol. The lowest BCUT2D eigenvalue weighted by molar-refractivity contribution is 0.158. The molecular weight excluding hydrogens is 217 g/mol. The first kappa shape index (κ1) is 14.1. The van der Waals surface area contributed by atoms with Gasteiger partial charge in [-0.3, -0.25) is 0 Å². The monoisotopic (exact) mass is 239 g/mol. The Balaban J connectivity index is 2.30. The largest absolute Gasteiger partial charge is 0.393 e. The zero-order valence-corrected chi connectivity index (χ0v) is 10.6. The third-order valence-corrected chi connectivity index (χ3v) is 2.93. The van der Waals surface area contributed by atoms with E-state index in [0.717, 1.165) is 24.9 Å². The van der Waals surface area contributed by atoms with E-state index in [9.17, 15) is 9.50 Å². The molecular formula is C14H22FNO. The smallest absolute Gasteiger partial charge is 0.126 e. The molecule has 3 heteroatoms. The van der Waals surface area contributed by atoms with Gasteiger partial charge in [0.1, 0.15) is 5.82 Å². The van der Waals surface area contributed by atoms with Crippen LogP contribution in [0.2, 0.25) is 0 Å². The van der Waals surface area contributed by atoms with E-state index >= 15 is 0 Å². The van der Waals surface area contributed by atoms with E-state index in [1.54, 1.807) is 6.07 Å². The van der Waals surface area contributed by atoms with Gasteiger partial charge in [0.05, 0.1) is 6.10 Å². The van der Waals surface area contributed by atoms with Crippen LogP contribution in [-0.4, -0.2) is 23.8 Å². The number of aliphatic hydroxyl groups is 1. The molecule has 0 bridgehead atoms. The molecule has 1 aromatic rings. The topological polar surface area (TPSA) is 32.3 Å². The van der Waals surface area contributed by atoms with Gasteiger partial charge >= 0.3 is 0 Å². The lowest BCUT2D eigenvalue weighted by Gasteiger charge is -2.15. The maximum Gasteiger partial charge on any atom is 0.126 e. The van der Waals surface area contributed by atoms with Crippen LogP contribution in [-0.2, 0) is 6.42 Å². The Hall–Kier alpha value is -0.930. The van der Waals surface area contributed by atoms with Crippen molar-refractivity contribution in [2.24, 2.45) is 0 Å². The fourth-order valence-electron chi connectivity index (χ4n) is 1.77. The second-order valence-corrected chi connectivity index (χ2v) is 4.50. The third-order valence-electron chi connectivity index (χ3n) is 2.93. The number of benzene rings is 1. The summed E-state index contributed by atoms with van der Waals surface area (Å²) in [5.41, 5.74) is 0.739. The summed E-state index contributed by atoms with van der Waals surface area (Å²) in [5.74, 6) is -0.144. The van der Waals surface area contributed by atoms with Gasteiger partial charge in [-0.1, -0.05) is 25.1 Å². The molecule has 0 amide bonds. The van der Waals surface area contributed by atoms with Crippen molar-refractivity contribution in [1.82, 2.24) is 5.32 Å². The number of hydrogen-bond donors (Lipinski definition) is 2. The summed E-state index contributed by atoms with van der Waals surface area (Å²) in [6.45, 7) is 4.77. The van der Waals surface area contributed by atoms with Gasteiger partial charge in [-0.15, -0.1) is 0 Å². The quantitative estimate of drug-likeness (QED) is 0.766. The predicted octanol–water partition coefficient (Wildman–Crippen LogP) is 2.51. The number of rotatable bonds is 7. The SMILES string of the molecule is CCC(O)CCNC(C)Cc1ccccc1F. The Kier molecular flexibility index (Phi) is 6.16. The molecule has 96 valence electrons. The fraction of sp³-hybridized carbons (Fsp3) is 0.571. The van der Waals surface area contributed by atoms with Crippen LogP contribution in [0.1, 0.15) is 32.3 Å². The van der Waals surface area contributed by atoms with Crippen LogP contribution < -0.4 is 5.32 Å². The zero-order valence-electron chi connectivity index (χ0n) is 10.6. The summed E-state index contributed by atoms with van der Waals surface area (Å²) >= 11 is 0. The van der Waals surface area contributed by atoms with Crippen LogP contribution >= 0.6 is 0 Å². The van der Waals surface area contributed by atoms with Gasteiger partial charge < -0.3 is 10.4 Å². The van der Waals surface area contributed by atoms with Crippen LogP contribution in [0.15, 0.2) is 24.3 Å². The molecule has 17 heavy (non-hydrogen) atoms. The van der Waals surface area contributed by atoms with E-state index in [1.807, 2.05) is 26.0 Å². The van der Waals surface area contributed by atoms with Crippen molar-refractivity contribution in [3.63, 3.8) is 0 Å². The second-order valence-electron chi connectivity index (χ2n) is 4.50. The molecule has 2 N–H and O–H groups in total. The van der Waals surface area contributed by atoms with Crippen molar-refractivity contribution in [3.05, 3.63) is 35.6 Å². The molecule has 0 heterocycles. The highest BCUT2D eigenvalue weighted by molar-refractivity contribution is 5.18. The normalized spacial score (nSPS) is 14.6. The minimum absolute atomic E-state index is 0.144. The molecule has 0 aliphatic rings. The Morgan fingerprint density at radius 1 is 1.35 bits per heavy atom. The first-order valence-electron chi connectivity index (χ1n) is 6.28. The van der Waals surface area contributed by atoms with Crippen molar-refractivity contribution < 1.29 is 9.50 Å². The minimum Gasteiger partial charge on any atom is -0.393 e. The second kappa shape index (κ2) is 7.41. The van der Waals surface area contributed by atoms with Gasteiger partial charge in [0.25, 0.3) is 0 Å². The fourth-order valence-corrected chi connectivity index (χ4v) is 1.77. The van der Waals surface area contributed by atoms with Crippen molar-refractivity contribution in [2.45, 2.75) is 45.3 Å². The summed E-state index contributed by atoms with van der Waals surface area (Å²) in [6.07, 6.45) is 1.97. The first-order chi connectivity index (χ1) is 8.13. The Labute approximate surface area is 103 Å². The molecule has 0 aromatic heterocycles. The van der Waals surface area contributed by atoms with Gasteiger partial charge in [0.2, 0.25) is 0 Å². The van der Waals surface area contributed by atoms with Gasteiger partial charge in [-0.25, -0.2) is 4.39 Å². The Morgan fingerprint density at radius 3 is 2.71 bits per heavy atom. The van der Waals surface area contributed by atoms with E-state index < -0.39 is 0 Å². The highest BCUT2D eigenvalue weighted by atomic mass is 19.1. The van der Waals surface area contributed by atoms with Gasteiger partial charge in [0.15, 0.2) is 0 Å². The maximum absolute atomic E-state index is 13.4. The van der Waals surface area contributed by atoms with Crippen LogP contribution in [0.3, 0.4) is 0 Å². The van der Waals surface area contributed by atoms with E-state index in [0.29, 0.717) is 6.42 Å². The molecule has 1 rings (SSSR count).